The van der Waals surface area contributed by atoms with Crippen LogP contribution in [0.2, 0.25) is 0 Å². The molecule has 0 aliphatic heterocycles. The second kappa shape index (κ2) is 7.12. The summed E-state index contributed by atoms with van der Waals surface area (Å²) in [7, 11) is 0. The number of hydrogen-bond donors (Lipinski definition) is 2. The van der Waals surface area contributed by atoms with Gasteiger partial charge >= 0.3 is 0 Å². The molecular weight excluding hydrogens is 208 g/mol. The zero-order valence-electron chi connectivity index (χ0n) is 9.71. The van der Waals surface area contributed by atoms with E-state index in [-0.39, 0.29) is 11.9 Å². The van der Waals surface area contributed by atoms with Gasteiger partial charge in [0.05, 0.1) is 6.54 Å². The fourth-order valence-corrected chi connectivity index (χ4v) is 2.05. The Bertz CT molecular complexity index is 195. The van der Waals surface area contributed by atoms with Gasteiger partial charge in [-0.3, -0.25) is 4.79 Å². The van der Waals surface area contributed by atoms with Gasteiger partial charge in [-0.15, -0.1) is 0 Å². The molecule has 1 saturated carbocycles. The topological polar surface area (TPSA) is 41.1 Å². The minimum Gasteiger partial charge on any atom is -0.352 e. The van der Waals surface area contributed by atoms with E-state index >= 15 is 0 Å². The standard InChI is InChI=1S/C11H22N2OS/c1-3-15-8-9(2)13-11(14)7-12-6-10-4-5-10/h9-10,12H,3-8H2,1-2H3,(H,13,14). The van der Waals surface area contributed by atoms with Gasteiger partial charge in [-0.05, 0) is 38.0 Å². The van der Waals surface area contributed by atoms with Crippen LogP contribution in [0.1, 0.15) is 26.7 Å². The van der Waals surface area contributed by atoms with Crippen molar-refractivity contribution in [3.8, 4) is 0 Å². The van der Waals surface area contributed by atoms with E-state index in [1.54, 1.807) is 0 Å². The molecule has 1 fully saturated rings. The molecule has 1 atom stereocenters. The molecule has 1 unspecified atom stereocenters. The lowest BCUT2D eigenvalue weighted by Gasteiger charge is -2.13. The molecule has 1 aliphatic carbocycles. The first-order valence-electron chi connectivity index (χ1n) is 5.80. The van der Waals surface area contributed by atoms with Gasteiger partial charge in [0.1, 0.15) is 0 Å². The Morgan fingerprint density at radius 3 is 2.87 bits per heavy atom. The quantitative estimate of drug-likeness (QED) is 0.659. The number of hydrogen-bond acceptors (Lipinski definition) is 3. The Morgan fingerprint density at radius 2 is 2.27 bits per heavy atom. The van der Waals surface area contributed by atoms with Crippen molar-refractivity contribution >= 4 is 17.7 Å². The lowest BCUT2D eigenvalue weighted by Crippen LogP contribution is -2.40. The van der Waals surface area contributed by atoms with Crippen molar-refractivity contribution in [2.24, 2.45) is 5.92 Å². The normalized spacial score (nSPS) is 17.5. The zero-order valence-corrected chi connectivity index (χ0v) is 10.5. The van der Waals surface area contributed by atoms with Gasteiger partial charge in [-0.25, -0.2) is 0 Å². The molecule has 1 aliphatic rings. The van der Waals surface area contributed by atoms with Crippen LogP contribution in [0.5, 0.6) is 0 Å². The van der Waals surface area contributed by atoms with Crippen molar-refractivity contribution in [2.45, 2.75) is 32.7 Å². The van der Waals surface area contributed by atoms with Crippen LogP contribution in [0.3, 0.4) is 0 Å². The second-order valence-electron chi connectivity index (χ2n) is 4.20. The molecule has 0 aromatic heterocycles. The van der Waals surface area contributed by atoms with E-state index in [2.05, 4.69) is 24.5 Å². The summed E-state index contributed by atoms with van der Waals surface area (Å²) in [5, 5.41) is 6.18. The first kappa shape index (κ1) is 12.8. The third-order valence-electron chi connectivity index (χ3n) is 2.39. The highest BCUT2D eigenvalue weighted by atomic mass is 32.2. The largest absolute Gasteiger partial charge is 0.352 e. The smallest absolute Gasteiger partial charge is 0.234 e. The van der Waals surface area contributed by atoms with Crippen LogP contribution in [-0.4, -0.2) is 36.5 Å². The van der Waals surface area contributed by atoms with Gasteiger partial charge in [0, 0.05) is 11.8 Å². The molecule has 1 amide bonds. The van der Waals surface area contributed by atoms with Gasteiger partial charge in [0.25, 0.3) is 0 Å². The summed E-state index contributed by atoms with van der Waals surface area (Å²) in [5.41, 5.74) is 0. The lowest BCUT2D eigenvalue weighted by atomic mass is 10.3. The first-order chi connectivity index (χ1) is 7.22. The summed E-state index contributed by atoms with van der Waals surface area (Å²) in [6.45, 7) is 5.67. The molecular formula is C11H22N2OS. The van der Waals surface area contributed by atoms with Crippen molar-refractivity contribution in [3.63, 3.8) is 0 Å². The third kappa shape index (κ3) is 6.79. The molecule has 0 radical (unpaired) electrons. The molecule has 3 nitrogen and oxygen atoms in total. The maximum Gasteiger partial charge on any atom is 0.234 e. The van der Waals surface area contributed by atoms with Crippen molar-refractivity contribution in [3.05, 3.63) is 0 Å². The van der Waals surface area contributed by atoms with Gasteiger partial charge in [-0.1, -0.05) is 6.92 Å². The van der Waals surface area contributed by atoms with Crippen LogP contribution in [0.15, 0.2) is 0 Å². The molecule has 15 heavy (non-hydrogen) atoms. The molecule has 0 aromatic carbocycles. The van der Waals surface area contributed by atoms with Crippen molar-refractivity contribution < 1.29 is 4.79 Å². The maximum absolute atomic E-state index is 11.4. The van der Waals surface area contributed by atoms with E-state index in [1.807, 2.05) is 11.8 Å². The van der Waals surface area contributed by atoms with E-state index in [1.165, 1.54) is 12.8 Å². The molecule has 0 saturated heterocycles. The second-order valence-corrected chi connectivity index (χ2v) is 5.52. The average Bonchev–Trinajstić information content (AvgIpc) is 2.98. The Kier molecular flexibility index (Phi) is 6.10. The zero-order chi connectivity index (χ0) is 11.1. The minimum atomic E-state index is 0.125. The molecule has 4 heteroatoms. The van der Waals surface area contributed by atoms with E-state index in [4.69, 9.17) is 0 Å². The van der Waals surface area contributed by atoms with E-state index in [0.717, 1.165) is 24.0 Å². The predicted octanol–water partition coefficient (Wildman–Crippen LogP) is 1.24. The molecule has 88 valence electrons. The summed E-state index contributed by atoms with van der Waals surface area (Å²) in [6.07, 6.45) is 2.66. The summed E-state index contributed by atoms with van der Waals surface area (Å²) >= 11 is 1.86. The van der Waals surface area contributed by atoms with E-state index in [0.29, 0.717) is 6.54 Å². The fraction of sp³-hybridized carbons (Fsp3) is 0.909. The van der Waals surface area contributed by atoms with Crippen molar-refractivity contribution in [2.75, 3.05) is 24.6 Å². The molecule has 0 spiro atoms. The van der Waals surface area contributed by atoms with Gasteiger partial charge < -0.3 is 10.6 Å². The fourth-order valence-electron chi connectivity index (χ4n) is 1.37. The highest BCUT2D eigenvalue weighted by molar-refractivity contribution is 7.99. The van der Waals surface area contributed by atoms with Crippen LogP contribution < -0.4 is 10.6 Å². The Labute approximate surface area is 96.8 Å². The van der Waals surface area contributed by atoms with Crippen LogP contribution in [0, 0.1) is 5.92 Å². The lowest BCUT2D eigenvalue weighted by molar-refractivity contribution is -0.120. The number of rotatable bonds is 8. The summed E-state index contributed by atoms with van der Waals surface area (Å²) < 4.78 is 0. The van der Waals surface area contributed by atoms with Crippen molar-refractivity contribution in [1.29, 1.82) is 0 Å². The minimum absolute atomic E-state index is 0.125. The third-order valence-corrected chi connectivity index (χ3v) is 3.54. The van der Waals surface area contributed by atoms with E-state index in [9.17, 15) is 4.79 Å². The number of amides is 1. The summed E-state index contributed by atoms with van der Waals surface area (Å²) in [4.78, 5) is 11.4. The number of thioether (sulfide) groups is 1. The first-order valence-corrected chi connectivity index (χ1v) is 6.95. The van der Waals surface area contributed by atoms with E-state index < -0.39 is 0 Å². The maximum atomic E-state index is 11.4. The van der Waals surface area contributed by atoms with Crippen LogP contribution >= 0.6 is 11.8 Å². The number of nitrogens with one attached hydrogen (secondary N) is 2. The molecule has 2 N–H and O–H groups in total. The number of carbonyl (C=O) groups excluding carboxylic acids is 1. The Hall–Kier alpha value is -0.220. The average molecular weight is 230 g/mol. The summed E-state index contributed by atoms with van der Waals surface area (Å²) in [5.74, 6) is 3.08. The molecule has 0 heterocycles. The van der Waals surface area contributed by atoms with Gasteiger partial charge in [0.2, 0.25) is 5.91 Å². The Morgan fingerprint density at radius 1 is 1.53 bits per heavy atom. The van der Waals surface area contributed by atoms with Crippen LogP contribution in [0.4, 0.5) is 0 Å². The number of carbonyl (C=O) groups is 1. The molecule has 0 aromatic rings. The van der Waals surface area contributed by atoms with Crippen molar-refractivity contribution in [1.82, 2.24) is 10.6 Å². The molecule has 0 bridgehead atoms. The van der Waals surface area contributed by atoms with Crippen LogP contribution in [-0.2, 0) is 4.79 Å². The van der Waals surface area contributed by atoms with Gasteiger partial charge in [0.15, 0.2) is 0 Å². The highest BCUT2D eigenvalue weighted by Crippen LogP contribution is 2.27. The SMILES string of the molecule is CCSCC(C)NC(=O)CNCC1CC1. The predicted molar refractivity (Wildman–Crippen MR) is 66.2 cm³/mol. The van der Waals surface area contributed by atoms with Gasteiger partial charge in [-0.2, -0.15) is 11.8 Å². The summed E-state index contributed by atoms with van der Waals surface area (Å²) in [6, 6.07) is 0.283. The Balaban J connectivity index is 1.95. The highest BCUT2D eigenvalue weighted by Gasteiger charge is 2.20. The monoisotopic (exact) mass is 230 g/mol. The van der Waals surface area contributed by atoms with Crippen LogP contribution in [0.25, 0.3) is 0 Å². The molecule has 1 rings (SSSR count).